The molecule has 0 amide bonds. The third-order valence-corrected chi connectivity index (χ3v) is 4.47. The second-order valence-electron chi connectivity index (χ2n) is 5.62. The Hall–Kier alpha value is -1.96. The first-order chi connectivity index (χ1) is 11.4. The van der Waals surface area contributed by atoms with Crippen molar-refractivity contribution < 1.29 is 29.3 Å². The summed E-state index contributed by atoms with van der Waals surface area (Å²) in [7, 11) is 0. The first kappa shape index (κ1) is 18.4. The second kappa shape index (κ2) is 7.74. The van der Waals surface area contributed by atoms with Crippen LogP contribution >= 0.6 is 11.6 Å². The molecule has 3 atom stereocenters. The lowest BCUT2D eigenvalue weighted by molar-refractivity contribution is -0.146. The largest absolute Gasteiger partial charge is 0.480 e. The second-order valence-corrected chi connectivity index (χ2v) is 6.03. The third kappa shape index (κ3) is 3.58. The highest BCUT2D eigenvalue weighted by Crippen LogP contribution is 2.38. The molecule has 0 saturated heterocycles. The van der Waals surface area contributed by atoms with E-state index in [4.69, 9.17) is 11.6 Å². The van der Waals surface area contributed by atoms with Crippen LogP contribution in [0.4, 0.5) is 0 Å². The number of rotatable bonds is 7. The molecule has 0 heterocycles. The molecule has 0 unspecified atom stereocenters. The number of ketones is 1. The highest BCUT2D eigenvalue weighted by molar-refractivity contribution is 6.31. The van der Waals surface area contributed by atoms with Crippen molar-refractivity contribution in [2.45, 2.75) is 36.9 Å². The number of halogens is 1. The van der Waals surface area contributed by atoms with Gasteiger partial charge in [0.1, 0.15) is 24.3 Å². The number of carbonyl (C=O) groups is 3. The van der Waals surface area contributed by atoms with E-state index in [9.17, 15) is 24.6 Å². The number of hydrogen-bond donors (Lipinski definition) is 3. The first-order valence-corrected chi connectivity index (χ1v) is 7.83. The zero-order valence-corrected chi connectivity index (χ0v) is 13.5. The minimum atomic E-state index is -1.45. The van der Waals surface area contributed by atoms with Crippen LogP contribution < -0.4 is 5.32 Å². The van der Waals surface area contributed by atoms with Crippen molar-refractivity contribution in [3.8, 4) is 0 Å². The van der Waals surface area contributed by atoms with E-state index in [0.717, 1.165) is 0 Å². The van der Waals surface area contributed by atoms with Crippen LogP contribution in [0.2, 0.25) is 5.02 Å². The summed E-state index contributed by atoms with van der Waals surface area (Å²) in [6.45, 7) is -0.314. The van der Waals surface area contributed by atoms with Crippen molar-refractivity contribution in [2.75, 3.05) is 6.61 Å². The highest BCUT2D eigenvalue weighted by atomic mass is 35.5. The Morgan fingerprint density at radius 1 is 1.50 bits per heavy atom. The molecule has 7 nitrogen and oxygen atoms in total. The number of Topliss-reactive ketones (excluding diaryl/α,β-unsaturated/α-hetero) is 1. The molecule has 0 spiro atoms. The number of ether oxygens (including phenoxy) is 1. The van der Waals surface area contributed by atoms with E-state index in [2.05, 4.69) is 10.1 Å². The molecule has 130 valence electrons. The summed E-state index contributed by atoms with van der Waals surface area (Å²) in [6, 6.07) is 5.25. The van der Waals surface area contributed by atoms with Crippen LogP contribution in [-0.2, 0) is 24.7 Å². The number of aliphatic hydroxyl groups is 1. The fourth-order valence-electron chi connectivity index (χ4n) is 3.00. The Morgan fingerprint density at radius 3 is 2.83 bits per heavy atom. The van der Waals surface area contributed by atoms with Gasteiger partial charge in [-0.25, -0.2) is 0 Å². The van der Waals surface area contributed by atoms with E-state index < -0.39 is 36.0 Å². The maximum atomic E-state index is 12.8. The van der Waals surface area contributed by atoms with E-state index in [1.54, 1.807) is 24.3 Å². The molecule has 0 bridgehead atoms. The fourth-order valence-corrected chi connectivity index (χ4v) is 3.30. The van der Waals surface area contributed by atoms with Crippen molar-refractivity contribution in [3.05, 3.63) is 34.9 Å². The Morgan fingerprint density at radius 2 is 2.21 bits per heavy atom. The third-order valence-electron chi connectivity index (χ3n) is 4.14. The van der Waals surface area contributed by atoms with Gasteiger partial charge < -0.3 is 14.9 Å². The molecular formula is C16H18ClNO6. The van der Waals surface area contributed by atoms with Gasteiger partial charge in [0, 0.05) is 5.02 Å². The van der Waals surface area contributed by atoms with Crippen LogP contribution in [0.1, 0.15) is 24.8 Å². The normalized spacial score (nSPS) is 25.1. The van der Waals surface area contributed by atoms with E-state index in [-0.39, 0.29) is 17.9 Å². The minimum absolute atomic E-state index is 0.136. The predicted octanol–water partition coefficient (Wildman–Crippen LogP) is 0.865. The molecule has 1 saturated carbocycles. The van der Waals surface area contributed by atoms with Crippen molar-refractivity contribution in [3.63, 3.8) is 0 Å². The standard InChI is InChI=1S/C16H18ClNO6/c17-11-5-2-1-4-10(11)16(7-3-6-13(20)14(16)21)18-12(15(22)23)8-24-9-19/h1-2,4-5,9,12-13,18,20H,3,6-8H2,(H,22,23)/t12-,13-,16+/m0/s1. The van der Waals surface area contributed by atoms with Gasteiger partial charge in [-0.1, -0.05) is 29.8 Å². The Labute approximate surface area is 143 Å². The Balaban J connectivity index is 2.47. The molecule has 0 radical (unpaired) electrons. The summed E-state index contributed by atoms with van der Waals surface area (Å²) in [6.07, 6.45) is -0.136. The van der Waals surface area contributed by atoms with Crippen LogP contribution in [0.15, 0.2) is 24.3 Å². The van der Waals surface area contributed by atoms with Crippen LogP contribution in [0.3, 0.4) is 0 Å². The molecule has 8 heteroatoms. The maximum Gasteiger partial charge on any atom is 0.324 e. The average Bonchev–Trinajstić information content (AvgIpc) is 2.55. The van der Waals surface area contributed by atoms with Crippen LogP contribution in [0, 0.1) is 0 Å². The quantitative estimate of drug-likeness (QED) is 0.622. The topological polar surface area (TPSA) is 113 Å². The SMILES string of the molecule is O=COC[C@H](N[C@@]1(c2ccccc2Cl)CCC[C@H](O)C1=O)C(=O)O. The zero-order valence-electron chi connectivity index (χ0n) is 12.8. The van der Waals surface area contributed by atoms with Crippen LogP contribution in [0.25, 0.3) is 0 Å². The molecule has 0 aromatic heterocycles. The van der Waals surface area contributed by atoms with Gasteiger partial charge >= 0.3 is 5.97 Å². The van der Waals surface area contributed by atoms with Gasteiger partial charge in [0.25, 0.3) is 6.47 Å². The molecule has 0 aliphatic heterocycles. The lowest BCUT2D eigenvalue weighted by Gasteiger charge is -2.41. The molecular weight excluding hydrogens is 338 g/mol. The summed E-state index contributed by atoms with van der Waals surface area (Å²) in [4.78, 5) is 34.6. The van der Waals surface area contributed by atoms with Crippen molar-refractivity contribution >= 4 is 29.8 Å². The van der Waals surface area contributed by atoms with Crippen molar-refractivity contribution in [2.24, 2.45) is 0 Å². The Bertz CT molecular complexity index is 637. The van der Waals surface area contributed by atoms with Crippen molar-refractivity contribution in [1.82, 2.24) is 5.32 Å². The average molecular weight is 356 g/mol. The van der Waals surface area contributed by atoms with E-state index in [1.807, 2.05) is 0 Å². The van der Waals surface area contributed by atoms with Crippen LogP contribution in [0.5, 0.6) is 0 Å². The summed E-state index contributed by atoms with van der Waals surface area (Å²) in [5, 5.41) is 22.4. The van der Waals surface area contributed by atoms with Gasteiger partial charge in [0.15, 0.2) is 5.78 Å². The summed E-state index contributed by atoms with van der Waals surface area (Å²) >= 11 is 6.22. The zero-order chi connectivity index (χ0) is 17.7. The van der Waals surface area contributed by atoms with Gasteiger partial charge in [-0.3, -0.25) is 19.7 Å². The number of benzene rings is 1. The molecule has 1 fully saturated rings. The number of carbonyl (C=O) groups excluding carboxylic acids is 2. The van der Waals surface area contributed by atoms with Crippen LogP contribution in [-0.4, -0.2) is 47.2 Å². The summed E-state index contributed by atoms with van der Waals surface area (Å²) < 4.78 is 4.54. The monoisotopic (exact) mass is 355 g/mol. The minimum Gasteiger partial charge on any atom is -0.480 e. The Kier molecular flexibility index (Phi) is 5.93. The lowest BCUT2D eigenvalue weighted by Crippen LogP contribution is -2.61. The number of hydrogen-bond acceptors (Lipinski definition) is 6. The molecule has 3 N–H and O–H groups in total. The number of nitrogens with one attached hydrogen (secondary N) is 1. The molecule has 1 aromatic rings. The molecule has 1 aromatic carbocycles. The van der Waals surface area contributed by atoms with Gasteiger partial charge in [-0.2, -0.15) is 0 Å². The number of aliphatic hydroxyl groups excluding tert-OH is 1. The van der Waals surface area contributed by atoms with Gasteiger partial charge in [-0.05, 0) is 30.9 Å². The van der Waals surface area contributed by atoms with Gasteiger partial charge in [0.2, 0.25) is 0 Å². The number of aliphatic carboxylic acids is 1. The molecule has 1 aliphatic rings. The maximum absolute atomic E-state index is 12.8. The van der Waals surface area contributed by atoms with Crippen molar-refractivity contribution in [1.29, 1.82) is 0 Å². The number of carboxylic acids is 1. The predicted molar refractivity (Wildman–Crippen MR) is 84.6 cm³/mol. The van der Waals surface area contributed by atoms with E-state index in [0.29, 0.717) is 18.4 Å². The molecule has 1 aliphatic carbocycles. The van der Waals surface area contributed by atoms with Gasteiger partial charge in [-0.15, -0.1) is 0 Å². The fraction of sp³-hybridized carbons (Fsp3) is 0.438. The van der Waals surface area contributed by atoms with E-state index in [1.165, 1.54) is 0 Å². The summed E-state index contributed by atoms with van der Waals surface area (Å²) in [5.74, 6) is -1.82. The highest BCUT2D eigenvalue weighted by Gasteiger charge is 2.48. The molecule has 2 rings (SSSR count). The summed E-state index contributed by atoms with van der Waals surface area (Å²) in [5.41, 5.74) is -1.06. The molecule has 24 heavy (non-hydrogen) atoms. The van der Waals surface area contributed by atoms with Gasteiger partial charge in [0.05, 0.1) is 0 Å². The number of carboxylic acid groups (broad SMARTS) is 1. The first-order valence-electron chi connectivity index (χ1n) is 7.45. The lowest BCUT2D eigenvalue weighted by atomic mass is 9.73. The smallest absolute Gasteiger partial charge is 0.324 e. The van der Waals surface area contributed by atoms with E-state index >= 15 is 0 Å².